The van der Waals surface area contributed by atoms with Crippen LogP contribution in [0.4, 0.5) is 21.9 Å². The van der Waals surface area contributed by atoms with Crippen LogP contribution in [0.1, 0.15) is 17.3 Å². The maximum Gasteiger partial charge on any atom is 0.326 e. The highest BCUT2D eigenvalue weighted by atomic mass is 32.2. The van der Waals surface area contributed by atoms with Gasteiger partial charge in [-0.1, -0.05) is 6.07 Å². The number of carbonyl (C=O) groups is 2. The van der Waals surface area contributed by atoms with E-state index in [4.69, 9.17) is 4.74 Å². The molecule has 0 atom stereocenters. The van der Waals surface area contributed by atoms with Crippen LogP contribution < -0.4 is 20.3 Å². The largest absolute Gasteiger partial charge is 0.494 e. The van der Waals surface area contributed by atoms with E-state index in [-0.39, 0.29) is 11.9 Å². The Hall–Kier alpha value is -3.52. The zero-order chi connectivity index (χ0) is 21.6. The molecule has 2 heterocycles. The normalized spacial score (nSPS) is 12.6. The van der Waals surface area contributed by atoms with Gasteiger partial charge < -0.3 is 15.4 Å². The van der Waals surface area contributed by atoms with Crippen LogP contribution in [0.25, 0.3) is 0 Å². The third-order valence-electron chi connectivity index (χ3n) is 4.64. The molecule has 158 valence electrons. The molecular formula is C23H22N4O3S. The van der Waals surface area contributed by atoms with Crippen LogP contribution in [0.5, 0.6) is 5.75 Å². The number of hydrogen-bond acceptors (Lipinski definition) is 5. The smallest absolute Gasteiger partial charge is 0.326 e. The predicted molar refractivity (Wildman–Crippen MR) is 123 cm³/mol. The van der Waals surface area contributed by atoms with E-state index in [9.17, 15) is 9.59 Å². The number of anilines is 3. The molecule has 3 amide bonds. The molecule has 1 aromatic heterocycles. The zero-order valence-corrected chi connectivity index (χ0v) is 17.8. The van der Waals surface area contributed by atoms with Gasteiger partial charge in [0.2, 0.25) is 0 Å². The van der Waals surface area contributed by atoms with Crippen molar-refractivity contribution in [3.05, 3.63) is 72.4 Å². The molecule has 7 nitrogen and oxygen atoms in total. The fourth-order valence-corrected chi connectivity index (χ4v) is 4.13. The van der Waals surface area contributed by atoms with E-state index in [1.165, 1.54) is 0 Å². The number of aromatic nitrogens is 1. The summed E-state index contributed by atoms with van der Waals surface area (Å²) in [6.07, 6.45) is 1.72. The molecule has 2 aromatic carbocycles. The summed E-state index contributed by atoms with van der Waals surface area (Å²) in [5.74, 6) is 1.27. The van der Waals surface area contributed by atoms with Crippen molar-refractivity contribution in [3.8, 4) is 5.75 Å². The maximum absolute atomic E-state index is 12.9. The molecule has 0 aliphatic carbocycles. The van der Waals surface area contributed by atoms with Crippen LogP contribution in [0.3, 0.4) is 0 Å². The minimum Gasteiger partial charge on any atom is -0.494 e. The first-order valence-corrected chi connectivity index (χ1v) is 10.9. The molecule has 31 heavy (non-hydrogen) atoms. The second-order valence-corrected chi connectivity index (χ2v) is 7.83. The van der Waals surface area contributed by atoms with Crippen molar-refractivity contribution in [1.82, 2.24) is 4.98 Å². The molecule has 4 rings (SSSR count). The van der Waals surface area contributed by atoms with Crippen molar-refractivity contribution in [2.24, 2.45) is 0 Å². The van der Waals surface area contributed by atoms with Crippen molar-refractivity contribution in [1.29, 1.82) is 0 Å². The number of amides is 3. The number of benzene rings is 2. The Balaban J connectivity index is 1.43. The molecule has 1 aliphatic rings. The highest BCUT2D eigenvalue weighted by Gasteiger charge is 2.23. The minimum atomic E-state index is -0.260. The summed E-state index contributed by atoms with van der Waals surface area (Å²) in [4.78, 5) is 31.5. The monoisotopic (exact) mass is 434 g/mol. The molecule has 0 fully saturated rings. The van der Waals surface area contributed by atoms with E-state index < -0.39 is 0 Å². The molecule has 0 saturated heterocycles. The van der Waals surface area contributed by atoms with Crippen molar-refractivity contribution < 1.29 is 14.3 Å². The third kappa shape index (κ3) is 4.97. The van der Waals surface area contributed by atoms with Gasteiger partial charge in [-0.15, -0.1) is 11.8 Å². The van der Waals surface area contributed by atoms with Gasteiger partial charge in [0, 0.05) is 35.4 Å². The molecule has 0 bridgehead atoms. The molecule has 2 N–H and O–H groups in total. The highest BCUT2D eigenvalue weighted by Crippen LogP contribution is 2.32. The summed E-state index contributed by atoms with van der Waals surface area (Å²) in [5.41, 5.74) is 2.45. The van der Waals surface area contributed by atoms with Crippen LogP contribution in [0.2, 0.25) is 0 Å². The maximum atomic E-state index is 12.9. The van der Waals surface area contributed by atoms with E-state index >= 15 is 0 Å². The first-order chi connectivity index (χ1) is 15.1. The van der Waals surface area contributed by atoms with Gasteiger partial charge in [0.1, 0.15) is 10.8 Å². The number of fused-ring (bicyclic) bond motifs is 1. The SMILES string of the molecule is CCOc1ccc(NC(=O)c2cccc(NC(=O)N3CCSc4ncccc43)c2)cc1. The summed E-state index contributed by atoms with van der Waals surface area (Å²) < 4.78 is 5.41. The van der Waals surface area contributed by atoms with Gasteiger partial charge in [0.05, 0.1) is 12.3 Å². The van der Waals surface area contributed by atoms with Gasteiger partial charge in [-0.25, -0.2) is 9.78 Å². The molecule has 0 unspecified atom stereocenters. The van der Waals surface area contributed by atoms with Crippen LogP contribution in [-0.2, 0) is 0 Å². The summed E-state index contributed by atoms with van der Waals surface area (Å²) in [6, 6.07) is 17.5. The first-order valence-electron chi connectivity index (χ1n) is 9.94. The summed E-state index contributed by atoms with van der Waals surface area (Å²) in [5, 5.41) is 6.58. The number of pyridine rings is 1. The van der Waals surface area contributed by atoms with Crippen molar-refractivity contribution in [2.45, 2.75) is 11.9 Å². The van der Waals surface area contributed by atoms with Crippen LogP contribution in [0, 0.1) is 0 Å². The van der Waals surface area contributed by atoms with E-state index in [1.54, 1.807) is 71.4 Å². The lowest BCUT2D eigenvalue weighted by Gasteiger charge is -2.28. The Morgan fingerprint density at radius 3 is 2.71 bits per heavy atom. The molecule has 0 radical (unpaired) electrons. The van der Waals surface area contributed by atoms with Crippen LogP contribution in [-0.4, -0.2) is 35.8 Å². The van der Waals surface area contributed by atoms with Crippen molar-refractivity contribution in [3.63, 3.8) is 0 Å². The standard InChI is InChI=1S/C23H22N4O3S/c1-2-30-19-10-8-17(9-11-19)25-21(28)16-5-3-6-18(15-16)26-23(29)27-13-14-31-22-20(27)7-4-12-24-22/h3-12,15H,2,13-14H2,1H3,(H,25,28)(H,26,29). The second-order valence-electron chi connectivity index (χ2n) is 6.75. The quantitative estimate of drug-likeness (QED) is 0.598. The molecule has 0 saturated carbocycles. The molecule has 8 heteroatoms. The van der Waals surface area contributed by atoms with Gasteiger partial charge in [-0.3, -0.25) is 9.69 Å². The van der Waals surface area contributed by atoms with Crippen LogP contribution >= 0.6 is 11.8 Å². The van der Waals surface area contributed by atoms with Crippen molar-refractivity contribution in [2.75, 3.05) is 34.4 Å². The molecule has 3 aromatic rings. The molecule has 1 aliphatic heterocycles. The number of thioether (sulfide) groups is 1. The predicted octanol–water partition coefficient (Wildman–Crippen LogP) is 4.88. The number of rotatable bonds is 5. The first kappa shape index (κ1) is 20.7. The van der Waals surface area contributed by atoms with Gasteiger partial charge >= 0.3 is 6.03 Å². The lowest BCUT2D eigenvalue weighted by atomic mass is 10.2. The highest BCUT2D eigenvalue weighted by molar-refractivity contribution is 7.99. The number of ether oxygens (including phenoxy) is 1. The number of nitrogens with one attached hydrogen (secondary N) is 2. The Kier molecular flexibility index (Phi) is 6.37. The fraction of sp³-hybridized carbons (Fsp3) is 0.174. The van der Waals surface area contributed by atoms with Gasteiger partial charge in [0.25, 0.3) is 5.91 Å². The average Bonchev–Trinajstić information content (AvgIpc) is 2.80. The summed E-state index contributed by atoms with van der Waals surface area (Å²) in [6.45, 7) is 3.09. The third-order valence-corrected chi connectivity index (χ3v) is 5.61. The zero-order valence-electron chi connectivity index (χ0n) is 17.0. The Morgan fingerprint density at radius 1 is 1.06 bits per heavy atom. The van der Waals surface area contributed by atoms with E-state index in [2.05, 4.69) is 15.6 Å². The Labute approximate surface area is 184 Å². The Morgan fingerprint density at radius 2 is 1.90 bits per heavy atom. The summed E-state index contributed by atoms with van der Waals surface area (Å²) >= 11 is 1.63. The number of hydrogen-bond donors (Lipinski definition) is 2. The van der Waals surface area contributed by atoms with E-state index in [0.717, 1.165) is 22.2 Å². The van der Waals surface area contributed by atoms with Gasteiger partial charge in [-0.05, 0) is 61.5 Å². The number of carbonyl (C=O) groups excluding carboxylic acids is 2. The Bertz CT molecular complexity index is 1090. The fourth-order valence-electron chi connectivity index (χ4n) is 3.20. The van der Waals surface area contributed by atoms with E-state index in [1.807, 2.05) is 19.1 Å². The van der Waals surface area contributed by atoms with Gasteiger partial charge in [0.15, 0.2) is 0 Å². The average molecular weight is 435 g/mol. The molecular weight excluding hydrogens is 412 g/mol. The molecule has 0 spiro atoms. The number of urea groups is 1. The second kappa shape index (κ2) is 9.53. The van der Waals surface area contributed by atoms with Gasteiger partial charge in [-0.2, -0.15) is 0 Å². The van der Waals surface area contributed by atoms with E-state index in [0.29, 0.717) is 30.1 Å². The lowest BCUT2D eigenvalue weighted by Crippen LogP contribution is -2.38. The lowest BCUT2D eigenvalue weighted by molar-refractivity contribution is 0.102. The topological polar surface area (TPSA) is 83.6 Å². The van der Waals surface area contributed by atoms with Crippen molar-refractivity contribution >= 4 is 40.8 Å². The van der Waals surface area contributed by atoms with Crippen LogP contribution in [0.15, 0.2) is 71.9 Å². The minimum absolute atomic E-state index is 0.251. The number of nitrogens with zero attached hydrogens (tertiary/aromatic N) is 2. The summed E-state index contributed by atoms with van der Waals surface area (Å²) in [7, 11) is 0.